The Morgan fingerprint density at radius 2 is 1.89 bits per heavy atom. The van der Waals surface area contributed by atoms with Gasteiger partial charge in [-0.15, -0.1) is 11.3 Å². The van der Waals surface area contributed by atoms with Gasteiger partial charge in [0.25, 0.3) is 0 Å². The molecule has 2 aliphatic rings. The van der Waals surface area contributed by atoms with E-state index in [2.05, 4.69) is 50.1 Å². The molecule has 35 heavy (non-hydrogen) atoms. The van der Waals surface area contributed by atoms with E-state index in [-0.39, 0.29) is 17.2 Å². The van der Waals surface area contributed by atoms with Crippen molar-refractivity contribution >= 4 is 28.3 Å². The Hall–Kier alpha value is -3.03. The minimum absolute atomic E-state index is 0.179. The van der Waals surface area contributed by atoms with Crippen LogP contribution in [-0.2, 0) is 24.8 Å². The summed E-state index contributed by atoms with van der Waals surface area (Å²) in [6.45, 7) is 3.71. The van der Waals surface area contributed by atoms with Gasteiger partial charge in [-0.2, -0.15) is 0 Å². The molecule has 0 bridgehead atoms. The number of piperidine rings is 1. The smallest absolute Gasteiger partial charge is 0.223 e. The highest BCUT2D eigenvalue weighted by Crippen LogP contribution is 2.59. The number of nitrogens with zero attached hydrogens (tertiary/aromatic N) is 4. The van der Waals surface area contributed by atoms with Crippen LogP contribution in [0.4, 0.5) is 0 Å². The highest BCUT2D eigenvalue weighted by molar-refractivity contribution is 7.15. The van der Waals surface area contributed by atoms with Crippen LogP contribution in [0, 0.1) is 11.3 Å². The zero-order valence-corrected chi connectivity index (χ0v) is 20.9. The number of amides is 1. The summed E-state index contributed by atoms with van der Waals surface area (Å²) in [5.41, 5.74) is 3.56. The van der Waals surface area contributed by atoms with Gasteiger partial charge in [-0.05, 0) is 49.9 Å². The van der Waals surface area contributed by atoms with Crippen molar-refractivity contribution < 1.29 is 4.79 Å². The van der Waals surface area contributed by atoms with Gasteiger partial charge in [-0.3, -0.25) is 9.69 Å². The van der Waals surface area contributed by atoms with Crippen molar-refractivity contribution in [1.82, 2.24) is 24.8 Å². The summed E-state index contributed by atoms with van der Waals surface area (Å²) < 4.78 is 2.13. The number of rotatable bonds is 7. The van der Waals surface area contributed by atoms with E-state index in [0.29, 0.717) is 6.54 Å². The lowest BCUT2D eigenvalue weighted by atomic mass is 9.90. The number of nitrogens with one attached hydrogen (secondary N) is 1. The number of fused-ring (bicyclic) bond motifs is 1. The van der Waals surface area contributed by atoms with Crippen LogP contribution in [0.5, 0.6) is 0 Å². The van der Waals surface area contributed by atoms with Crippen LogP contribution in [0.3, 0.4) is 0 Å². The van der Waals surface area contributed by atoms with E-state index in [1.807, 2.05) is 37.5 Å². The molecule has 1 amide bonds. The molecule has 1 aliphatic carbocycles. The maximum absolute atomic E-state index is 12.9. The highest BCUT2D eigenvalue weighted by Gasteiger charge is 2.58. The van der Waals surface area contributed by atoms with E-state index in [4.69, 9.17) is 4.98 Å². The highest BCUT2D eigenvalue weighted by atomic mass is 32.1. The van der Waals surface area contributed by atoms with Gasteiger partial charge >= 0.3 is 0 Å². The normalized spacial score (nSPS) is 19.3. The fraction of sp³-hybridized carbons (Fsp3) is 0.393. The van der Waals surface area contributed by atoms with Gasteiger partial charge in [0.15, 0.2) is 0 Å². The Balaban J connectivity index is 0.972. The van der Waals surface area contributed by atoms with E-state index >= 15 is 0 Å². The SMILES string of the molecule is Cn1c(CCNC(=O)[C@@H]2CC23CCN(Cc2cnc(-c4ccccc4)s2)CC3)nc2ccccc21. The van der Waals surface area contributed by atoms with Gasteiger partial charge in [0.1, 0.15) is 10.8 Å². The minimum Gasteiger partial charge on any atom is -0.355 e. The lowest BCUT2D eigenvalue weighted by Crippen LogP contribution is -2.37. The molecule has 4 aromatic rings. The first-order valence-corrected chi connectivity index (χ1v) is 13.3. The van der Waals surface area contributed by atoms with Crippen molar-refractivity contribution in [2.45, 2.75) is 32.2 Å². The number of carbonyl (C=O) groups is 1. The Kier molecular flexibility index (Phi) is 5.90. The van der Waals surface area contributed by atoms with Crippen molar-refractivity contribution in [2.75, 3.05) is 19.6 Å². The molecule has 6 rings (SSSR count). The second kappa shape index (κ2) is 9.21. The average Bonchev–Trinajstić information content (AvgIpc) is 3.22. The van der Waals surface area contributed by atoms with Crippen molar-refractivity contribution in [3.05, 3.63) is 71.5 Å². The summed E-state index contributed by atoms with van der Waals surface area (Å²) in [5.74, 6) is 1.43. The second-order valence-electron chi connectivity index (χ2n) is 10.0. The van der Waals surface area contributed by atoms with Crippen LogP contribution in [0.1, 0.15) is 30.0 Å². The van der Waals surface area contributed by atoms with Gasteiger partial charge < -0.3 is 9.88 Å². The second-order valence-corrected chi connectivity index (χ2v) is 11.1. The van der Waals surface area contributed by atoms with E-state index in [9.17, 15) is 4.79 Å². The predicted octanol–water partition coefficient (Wildman–Crippen LogP) is 4.66. The maximum Gasteiger partial charge on any atom is 0.223 e. The average molecular weight is 486 g/mol. The Labute approximate surface area is 210 Å². The predicted molar refractivity (Wildman–Crippen MR) is 140 cm³/mol. The number of imidazole rings is 1. The fourth-order valence-corrected chi connectivity index (χ4v) is 6.54. The molecule has 7 heteroatoms. The standard InChI is InChI=1S/C28H31N5OS/c1-32-24-10-6-5-9-23(24)31-25(32)11-14-29-26(34)22-17-28(22)12-15-33(16-13-28)19-21-18-30-27(35-21)20-7-3-2-4-8-20/h2-10,18,22H,11-17,19H2,1H3,(H,29,34)/t22-/m0/s1. The first-order valence-electron chi connectivity index (χ1n) is 12.5. The topological polar surface area (TPSA) is 63.1 Å². The number of para-hydroxylation sites is 2. The zero-order chi connectivity index (χ0) is 23.8. The van der Waals surface area contributed by atoms with Crippen molar-refractivity contribution in [3.8, 4) is 10.6 Å². The lowest BCUT2D eigenvalue weighted by molar-refractivity contribution is -0.123. The molecule has 2 fully saturated rings. The van der Waals surface area contributed by atoms with Gasteiger partial charge in [-0.25, -0.2) is 9.97 Å². The number of hydrogen-bond acceptors (Lipinski definition) is 5. The van der Waals surface area contributed by atoms with Gasteiger partial charge in [0.05, 0.1) is 11.0 Å². The van der Waals surface area contributed by atoms with Crippen LogP contribution in [0.15, 0.2) is 60.8 Å². The molecule has 1 saturated heterocycles. The Bertz CT molecular complexity index is 1340. The molecule has 1 aliphatic heterocycles. The minimum atomic E-state index is 0.179. The summed E-state index contributed by atoms with van der Waals surface area (Å²) in [4.78, 5) is 26.1. The summed E-state index contributed by atoms with van der Waals surface area (Å²) >= 11 is 1.79. The molecular formula is C28H31N5OS. The number of aromatic nitrogens is 3. The Morgan fingerprint density at radius 1 is 1.11 bits per heavy atom. The summed E-state index contributed by atoms with van der Waals surface area (Å²) in [5, 5.41) is 4.28. The molecular weight excluding hydrogens is 454 g/mol. The largest absolute Gasteiger partial charge is 0.355 e. The first-order chi connectivity index (χ1) is 17.1. The molecule has 180 valence electrons. The molecule has 1 spiro atoms. The summed E-state index contributed by atoms with van der Waals surface area (Å²) in [6, 6.07) is 18.6. The number of thiazole rings is 1. The lowest BCUT2D eigenvalue weighted by Gasteiger charge is -2.32. The zero-order valence-electron chi connectivity index (χ0n) is 20.1. The van der Waals surface area contributed by atoms with Crippen LogP contribution in [0.25, 0.3) is 21.6 Å². The third-order valence-corrected chi connectivity index (χ3v) is 8.87. The van der Waals surface area contributed by atoms with Crippen LogP contribution < -0.4 is 5.32 Å². The maximum atomic E-state index is 12.9. The molecule has 1 atom stereocenters. The van der Waals surface area contributed by atoms with Gasteiger partial charge in [0.2, 0.25) is 5.91 Å². The number of likely N-dealkylation sites (tertiary alicyclic amines) is 1. The monoisotopic (exact) mass is 485 g/mol. The third kappa shape index (κ3) is 4.50. The molecule has 0 unspecified atom stereocenters. The summed E-state index contributed by atoms with van der Waals surface area (Å²) in [7, 11) is 2.05. The molecule has 1 saturated carbocycles. The molecule has 6 nitrogen and oxygen atoms in total. The molecule has 2 aromatic heterocycles. The van der Waals surface area contributed by atoms with Crippen molar-refractivity contribution in [3.63, 3.8) is 0 Å². The van der Waals surface area contributed by atoms with E-state index < -0.39 is 0 Å². The van der Waals surface area contributed by atoms with E-state index in [0.717, 1.165) is 67.2 Å². The van der Waals surface area contributed by atoms with Crippen molar-refractivity contribution in [1.29, 1.82) is 0 Å². The number of carbonyl (C=O) groups excluding carboxylic acids is 1. The number of aryl methyl sites for hydroxylation is 1. The molecule has 0 radical (unpaired) electrons. The third-order valence-electron chi connectivity index (χ3n) is 7.84. The molecule has 2 aromatic carbocycles. The number of hydrogen-bond donors (Lipinski definition) is 1. The quantitative estimate of drug-likeness (QED) is 0.414. The van der Waals surface area contributed by atoms with Crippen molar-refractivity contribution in [2.24, 2.45) is 18.4 Å². The van der Waals surface area contributed by atoms with Crippen LogP contribution in [-0.4, -0.2) is 45.0 Å². The Morgan fingerprint density at radius 3 is 2.69 bits per heavy atom. The summed E-state index contributed by atoms with van der Waals surface area (Å²) in [6.07, 6.45) is 6.04. The molecule has 1 N–H and O–H groups in total. The van der Waals surface area contributed by atoms with Gasteiger partial charge in [-0.1, -0.05) is 42.5 Å². The fourth-order valence-electron chi connectivity index (χ4n) is 5.58. The van der Waals surface area contributed by atoms with Crippen LogP contribution >= 0.6 is 11.3 Å². The van der Waals surface area contributed by atoms with Crippen LogP contribution in [0.2, 0.25) is 0 Å². The van der Waals surface area contributed by atoms with E-state index in [1.165, 1.54) is 10.4 Å². The number of benzene rings is 2. The first kappa shape index (κ1) is 22.4. The van der Waals surface area contributed by atoms with Gasteiger partial charge in [0, 0.05) is 49.1 Å². The van der Waals surface area contributed by atoms with E-state index in [1.54, 1.807) is 11.3 Å². The molecule has 3 heterocycles.